The van der Waals surface area contributed by atoms with Gasteiger partial charge in [-0.1, -0.05) is 52.5 Å². The minimum atomic E-state index is -1.29. The Balaban J connectivity index is 1.41. The molecule has 0 spiro atoms. The summed E-state index contributed by atoms with van der Waals surface area (Å²) in [6, 6.07) is 11.6. The van der Waals surface area contributed by atoms with Crippen LogP contribution in [0.25, 0.3) is 38.9 Å². The van der Waals surface area contributed by atoms with E-state index in [1.807, 2.05) is 27.7 Å². The second kappa shape index (κ2) is 12.0. The van der Waals surface area contributed by atoms with Gasteiger partial charge in [-0.2, -0.15) is 5.01 Å². The normalized spacial score (nSPS) is 14.2. The summed E-state index contributed by atoms with van der Waals surface area (Å²) >= 11 is 0. The van der Waals surface area contributed by atoms with E-state index >= 15 is 0 Å². The highest BCUT2D eigenvalue weighted by atomic mass is 16.2. The SMILES string of the molecule is C=c1c2ccc3c4c(ccc(c(=O)n1N(C(N)=O)C(=O)c1ccc5c6c(cccc16)C(=O)N(C(CC)CC)C5=O)c42)C(=O)N(C(CC)CC)C3=O. The minimum Gasteiger partial charge on any atom is -0.350 e. The summed E-state index contributed by atoms with van der Waals surface area (Å²) in [5.74, 6) is -2.91. The summed E-state index contributed by atoms with van der Waals surface area (Å²) in [6.07, 6.45) is 2.29. The van der Waals surface area contributed by atoms with Gasteiger partial charge in [-0.05, 0) is 67.5 Å². The van der Waals surface area contributed by atoms with Crippen LogP contribution in [0, 0.1) is 0 Å². The molecule has 0 atom stereocenters. The Morgan fingerprint density at radius 1 is 0.627 bits per heavy atom. The molecule has 0 saturated carbocycles. The molecule has 258 valence electrons. The van der Waals surface area contributed by atoms with E-state index in [9.17, 15) is 33.6 Å². The zero-order valence-electron chi connectivity index (χ0n) is 28.6. The standard InChI is InChI=1S/C39H35N5O7/c1-6-20(7-2)41-33(45)25-12-10-11-23-24(14-16-26(30(23)25)34(41)46)37(49)44(39(40)51)43-19(5)22-13-15-27-32-28(17-18-29(31(22)32)38(43)50)36(48)42(35(27)47)21(8-3)9-4/h10-18,20-21H,5-9H2,1-4H3,(H2,40,51). The van der Waals surface area contributed by atoms with Gasteiger partial charge in [0.25, 0.3) is 35.1 Å². The number of hydrogen-bond acceptors (Lipinski definition) is 7. The van der Waals surface area contributed by atoms with Gasteiger partial charge in [0, 0.05) is 61.4 Å². The number of urea groups is 1. The number of benzene rings is 4. The van der Waals surface area contributed by atoms with E-state index in [4.69, 9.17) is 5.73 Å². The Morgan fingerprint density at radius 3 is 1.61 bits per heavy atom. The molecule has 2 aliphatic rings. The van der Waals surface area contributed by atoms with Gasteiger partial charge in [-0.3, -0.25) is 38.6 Å². The van der Waals surface area contributed by atoms with Crippen molar-refractivity contribution in [3.63, 3.8) is 0 Å². The molecule has 51 heavy (non-hydrogen) atoms. The Kier molecular flexibility index (Phi) is 7.85. The molecule has 2 aliphatic heterocycles. The molecule has 5 aromatic rings. The van der Waals surface area contributed by atoms with Crippen LogP contribution in [-0.4, -0.2) is 62.1 Å². The molecule has 12 heteroatoms. The van der Waals surface area contributed by atoms with Gasteiger partial charge in [0.1, 0.15) is 0 Å². The second-order valence-electron chi connectivity index (χ2n) is 12.9. The average Bonchev–Trinajstić information content (AvgIpc) is 3.13. The lowest BCUT2D eigenvalue weighted by Gasteiger charge is -2.33. The van der Waals surface area contributed by atoms with E-state index in [1.165, 1.54) is 34.1 Å². The minimum absolute atomic E-state index is 0.0308. The number of primary amides is 1. The van der Waals surface area contributed by atoms with Crippen LogP contribution in [0.2, 0.25) is 0 Å². The summed E-state index contributed by atoms with van der Waals surface area (Å²) < 4.78 is 0.785. The van der Waals surface area contributed by atoms with Gasteiger partial charge < -0.3 is 5.73 Å². The number of pyridine rings is 1. The van der Waals surface area contributed by atoms with Crippen molar-refractivity contribution in [1.29, 1.82) is 0 Å². The van der Waals surface area contributed by atoms with E-state index < -0.39 is 41.1 Å². The lowest BCUT2D eigenvalue weighted by atomic mass is 9.89. The molecule has 12 nitrogen and oxygen atoms in total. The molecule has 0 saturated heterocycles. The molecule has 0 radical (unpaired) electrons. The molecule has 4 aromatic carbocycles. The first-order chi connectivity index (χ1) is 24.4. The first kappa shape index (κ1) is 33.3. The van der Waals surface area contributed by atoms with Crippen LogP contribution in [-0.2, 0) is 0 Å². The van der Waals surface area contributed by atoms with Gasteiger partial charge in [0.05, 0.1) is 10.7 Å². The number of carbonyl (C=O) groups is 6. The lowest BCUT2D eigenvalue weighted by Crippen LogP contribution is -2.57. The van der Waals surface area contributed by atoms with Gasteiger partial charge in [0.15, 0.2) is 0 Å². The maximum atomic E-state index is 14.4. The van der Waals surface area contributed by atoms with E-state index in [0.717, 1.165) is 4.68 Å². The summed E-state index contributed by atoms with van der Waals surface area (Å²) in [5, 5.41) is 1.83. The number of nitrogens with zero attached hydrogens (tertiary/aromatic N) is 4. The largest absolute Gasteiger partial charge is 0.350 e. The number of carbonyl (C=O) groups excluding carboxylic acids is 6. The van der Waals surface area contributed by atoms with Crippen molar-refractivity contribution in [1.82, 2.24) is 14.5 Å². The Bertz CT molecular complexity index is 2420. The Morgan fingerprint density at radius 2 is 1.10 bits per heavy atom. The molecule has 0 bridgehead atoms. The third kappa shape index (κ3) is 4.48. The third-order valence-corrected chi connectivity index (χ3v) is 10.4. The second-order valence-corrected chi connectivity index (χ2v) is 12.9. The van der Waals surface area contributed by atoms with Crippen LogP contribution in [0.5, 0.6) is 0 Å². The van der Waals surface area contributed by atoms with Crippen molar-refractivity contribution in [3.05, 3.63) is 98.1 Å². The van der Waals surface area contributed by atoms with Gasteiger partial charge in [-0.15, -0.1) is 0 Å². The van der Waals surface area contributed by atoms with E-state index in [1.54, 1.807) is 30.3 Å². The molecule has 0 aliphatic carbocycles. The van der Waals surface area contributed by atoms with Gasteiger partial charge in [-0.25, -0.2) is 9.47 Å². The smallest absolute Gasteiger partial charge is 0.341 e. The molecule has 1 aromatic heterocycles. The molecule has 3 heterocycles. The number of aromatic nitrogens is 1. The molecule has 2 N–H and O–H groups in total. The van der Waals surface area contributed by atoms with Crippen LogP contribution in [0.15, 0.2) is 59.4 Å². The highest BCUT2D eigenvalue weighted by molar-refractivity contribution is 6.31. The number of hydrogen-bond donors (Lipinski definition) is 1. The third-order valence-electron chi connectivity index (χ3n) is 10.4. The fraction of sp³-hybridized carbons (Fsp3) is 0.256. The van der Waals surface area contributed by atoms with Crippen molar-refractivity contribution in [2.24, 2.45) is 5.73 Å². The molecule has 7 rings (SSSR count). The fourth-order valence-corrected chi connectivity index (χ4v) is 7.86. The van der Waals surface area contributed by atoms with E-state index in [0.29, 0.717) is 46.9 Å². The van der Waals surface area contributed by atoms with Gasteiger partial charge >= 0.3 is 6.03 Å². The predicted octanol–water partition coefficient (Wildman–Crippen LogP) is 4.86. The number of amides is 7. The Hall–Kier alpha value is -6.17. The predicted molar refractivity (Wildman–Crippen MR) is 192 cm³/mol. The molecular weight excluding hydrogens is 650 g/mol. The van der Waals surface area contributed by atoms with Crippen molar-refractivity contribution in [2.75, 3.05) is 5.01 Å². The molecule has 0 unspecified atom stereocenters. The van der Waals surface area contributed by atoms with Crippen LogP contribution in [0.3, 0.4) is 0 Å². The number of rotatable bonds is 8. The maximum absolute atomic E-state index is 14.4. The molecular formula is C39H35N5O7. The quantitative estimate of drug-likeness (QED) is 0.228. The maximum Gasteiger partial charge on any atom is 0.341 e. The van der Waals surface area contributed by atoms with E-state index in [2.05, 4.69) is 6.58 Å². The van der Waals surface area contributed by atoms with Crippen LogP contribution in [0.1, 0.15) is 105 Å². The zero-order valence-corrected chi connectivity index (χ0v) is 28.6. The van der Waals surface area contributed by atoms with Crippen LogP contribution < -0.4 is 21.7 Å². The van der Waals surface area contributed by atoms with Crippen molar-refractivity contribution >= 4 is 74.5 Å². The van der Waals surface area contributed by atoms with Crippen LogP contribution >= 0.6 is 0 Å². The molecule has 0 fully saturated rings. The topological polar surface area (TPSA) is 160 Å². The Labute approximate surface area is 291 Å². The van der Waals surface area contributed by atoms with Crippen molar-refractivity contribution in [2.45, 2.75) is 65.5 Å². The summed E-state index contributed by atoms with van der Waals surface area (Å²) in [7, 11) is 0. The number of imide groups is 3. The molecule has 7 amide bonds. The highest BCUT2D eigenvalue weighted by Crippen LogP contribution is 2.37. The zero-order chi connectivity index (χ0) is 36.6. The van der Waals surface area contributed by atoms with Crippen molar-refractivity contribution in [3.8, 4) is 0 Å². The van der Waals surface area contributed by atoms with E-state index in [-0.39, 0.29) is 61.4 Å². The monoisotopic (exact) mass is 685 g/mol. The van der Waals surface area contributed by atoms with Crippen LogP contribution in [0.4, 0.5) is 4.79 Å². The fourth-order valence-electron chi connectivity index (χ4n) is 7.86. The lowest BCUT2D eigenvalue weighted by molar-refractivity contribution is 0.0514. The first-order valence-corrected chi connectivity index (χ1v) is 17.0. The first-order valence-electron chi connectivity index (χ1n) is 17.0. The number of nitrogens with two attached hydrogens (primary N) is 1. The average molecular weight is 686 g/mol. The summed E-state index contributed by atoms with van der Waals surface area (Å²) in [6.45, 7) is 11.7. The van der Waals surface area contributed by atoms with Gasteiger partial charge in [0.2, 0.25) is 0 Å². The highest BCUT2D eigenvalue weighted by Gasteiger charge is 2.40. The van der Waals surface area contributed by atoms with Crippen molar-refractivity contribution < 1.29 is 28.8 Å². The summed E-state index contributed by atoms with van der Waals surface area (Å²) in [5.41, 5.74) is 5.87. The summed E-state index contributed by atoms with van der Waals surface area (Å²) in [4.78, 5) is 99.2.